The second-order valence-electron chi connectivity index (χ2n) is 4.11. The Morgan fingerprint density at radius 1 is 1.15 bits per heavy atom. The standard InChI is InChI=1S/C12H8N4O4/c1-6(17)13-9-10(15-20-14-9)16-11(18)7-4-2-3-5-8(7)12(16)19/h2-5H,1H3,(H,13,14,17). The van der Waals surface area contributed by atoms with E-state index in [9.17, 15) is 14.4 Å². The van der Waals surface area contributed by atoms with Crippen molar-refractivity contribution >= 4 is 29.4 Å². The highest BCUT2D eigenvalue weighted by molar-refractivity contribution is 6.34. The van der Waals surface area contributed by atoms with Crippen LogP contribution in [0.25, 0.3) is 0 Å². The van der Waals surface area contributed by atoms with Crippen LogP contribution in [0.3, 0.4) is 0 Å². The first-order valence-electron chi connectivity index (χ1n) is 5.67. The minimum atomic E-state index is -0.534. The third-order valence-electron chi connectivity index (χ3n) is 2.77. The van der Waals surface area contributed by atoms with E-state index in [-0.39, 0.29) is 22.8 Å². The van der Waals surface area contributed by atoms with Crippen LogP contribution in [0, 0.1) is 0 Å². The Kier molecular flexibility index (Phi) is 2.56. The number of nitrogens with one attached hydrogen (secondary N) is 1. The highest BCUT2D eigenvalue weighted by Crippen LogP contribution is 2.30. The van der Waals surface area contributed by atoms with Gasteiger partial charge in [-0.1, -0.05) is 12.1 Å². The molecule has 1 aromatic carbocycles. The van der Waals surface area contributed by atoms with Crippen molar-refractivity contribution in [1.29, 1.82) is 0 Å². The molecular weight excluding hydrogens is 264 g/mol. The van der Waals surface area contributed by atoms with Gasteiger partial charge in [0.2, 0.25) is 17.5 Å². The lowest BCUT2D eigenvalue weighted by Crippen LogP contribution is -2.30. The van der Waals surface area contributed by atoms with Crippen molar-refractivity contribution in [3.63, 3.8) is 0 Å². The Balaban J connectivity index is 2.05. The molecule has 1 N–H and O–H groups in total. The second kappa shape index (κ2) is 4.26. The number of imide groups is 1. The van der Waals surface area contributed by atoms with Crippen LogP contribution in [0.2, 0.25) is 0 Å². The normalized spacial score (nSPS) is 13.6. The molecule has 0 saturated heterocycles. The number of hydrogen-bond donors (Lipinski definition) is 1. The molecule has 1 aliphatic heterocycles. The van der Waals surface area contributed by atoms with E-state index in [0.717, 1.165) is 4.90 Å². The fourth-order valence-electron chi connectivity index (χ4n) is 1.96. The summed E-state index contributed by atoms with van der Waals surface area (Å²) in [5.74, 6) is -1.70. The molecule has 3 rings (SSSR count). The molecule has 0 radical (unpaired) electrons. The molecule has 0 saturated carbocycles. The first-order valence-corrected chi connectivity index (χ1v) is 5.67. The maximum atomic E-state index is 12.2. The molecule has 1 aromatic heterocycles. The van der Waals surface area contributed by atoms with Gasteiger partial charge in [-0.3, -0.25) is 14.4 Å². The number of anilines is 2. The van der Waals surface area contributed by atoms with Gasteiger partial charge in [0.25, 0.3) is 11.8 Å². The third kappa shape index (κ3) is 1.66. The number of hydrogen-bond acceptors (Lipinski definition) is 6. The molecule has 0 atom stereocenters. The summed E-state index contributed by atoms with van der Waals surface area (Å²) in [5, 5.41) is 9.33. The van der Waals surface area contributed by atoms with Crippen LogP contribution >= 0.6 is 0 Å². The molecule has 8 nitrogen and oxygen atoms in total. The molecule has 8 heteroatoms. The summed E-state index contributed by atoms with van der Waals surface area (Å²) in [6, 6.07) is 6.40. The van der Waals surface area contributed by atoms with Crippen LogP contribution in [-0.4, -0.2) is 28.0 Å². The van der Waals surface area contributed by atoms with Crippen LogP contribution in [0.4, 0.5) is 11.6 Å². The minimum Gasteiger partial charge on any atom is -0.305 e. The Labute approximate surface area is 112 Å². The smallest absolute Gasteiger partial charge is 0.267 e. The van der Waals surface area contributed by atoms with Crippen molar-refractivity contribution in [2.45, 2.75) is 6.92 Å². The SMILES string of the molecule is CC(=O)Nc1nonc1N1C(=O)c2ccccc2C1=O. The Bertz CT molecular complexity index is 702. The zero-order valence-electron chi connectivity index (χ0n) is 10.3. The van der Waals surface area contributed by atoms with Gasteiger partial charge in [-0.05, 0) is 22.4 Å². The quantitative estimate of drug-likeness (QED) is 0.811. The lowest BCUT2D eigenvalue weighted by Gasteiger charge is -2.10. The van der Waals surface area contributed by atoms with Gasteiger partial charge in [-0.2, -0.15) is 0 Å². The van der Waals surface area contributed by atoms with E-state index in [0.29, 0.717) is 0 Å². The van der Waals surface area contributed by atoms with E-state index in [1.54, 1.807) is 24.3 Å². The van der Waals surface area contributed by atoms with Gasteiger partial charge in [0.15, 0.2) is 0 Å². The van der Waals surface area contributed by atoms with Crippen molar-refractivity contribution in [3.05, 3.63) is 35.4 Å². The molecule has 0 spiro atoms. The van der Waals surface area contributed by atoms with Crippen molar-refractivity contribution in [3.8, 4) is 0 Å². The summed E-state index contributed by atoms with van der Waals surface area (Å²) in [5.41, 5.74) is 0.545. The van der Waals surface area contributed by atoms with Gasteiger partial charge in [-0.25, -0.2) is 9.53 Å². The summed E-state index contributed by atoms with van der Waals surface area (Å²) in [4.78, 5) is 36.3. The molecule has 0 fully saturated rings. The lowest BCUT2D eigenvalue weighted by molar-refractivity contribution is -0.114. The van der Waals surface area contributed by atoms with Gasteiger partial charge < -0.3 is 5.32 Å². The van der Waals surface area contributed by atoms with Crippen LogP contribution in [-0.2, 0) is 4.79 Å². The second-order valence-corrected chi connectivity index (χ2v) is 4.11. The average molecular weight is 272 g/mol. The van der Waals surface area contributed by atoms with Crippen molar-refractivity contribution in [2.75, 3.05) is 10.2 Å². The van der Waals surface area contributed by atoms with Gasteiger partial charge in [0.1, 0.15) is 0 Å². The maximum absolute atomic E-state index is 12.2. The first-order chi connectivity index (χ1) is 9.59. The predicted molar refractivity (Wildman–Crippen MR) is 66.2 cm³/mol. The Morgan fingerprint density at radius 3 is 2.30 bits per heavy atom. The topological polar surface area (TPSA) is 105 Å². The van der Waals surface area contributed by atoms with Crippen LogP contribution in [0.5, 0.6) is 0 Å². The molecule has 2 heterocycles. The maximum Gasteiger partial charge on any atom is 0.267 e. The zero-order chi connectivity index (χ0) is 14.3. The highest BCUT2D eigenvalue weighted by atomic mass is 16.6. The number of carbonyl (C=O) groups excluding carboxylic acids is 3. The van der Waals surface area contributed by atoms with E-state index >= 15 is 0 Å². The monoisotopic (exact) mass is 272 g/mol. The van der Waals surface area contributed by atoms with Gasteiger partial charge in [-0.15, -0.1) is 0 Å². The summed E-state index contributed by atoms with van der Waals surface area (Å²) < 4.78 is 4.49. The van der Waals surface area contributed by atoms with Gasteiger partial charge in [0, 0.05) is 6.92 Å². The molecule has 0 aliphatic carbocycles. The summed E-state index contributed by atoms with van der Waals surface area (Å²) in [7, 11) is 0. The van der Waals surface area contributed by atoms with Crippen LogP contribution in [0.1, 0.15) is 27.6 Å². The Hall–Kier alpha value is -3.03. The Morgan fingerprint density at radius 2 is 1.75 bits per heavy atom. The third-order valence-corrected chi connectivity index (χ3v) is 2.77. The van der Waals surface area contributed by atoms with Crippen molar-refractivity contribution < 1.29 is 19.0 Å². The van der Waals surface area contributed by atoms with E-state index in [2.05, 4.69) is 20.3 Å². The van der Waals surface area contributed by atoms with Crippen LogP contribution < -0.4 is 10.2 Å². The number of carbonyl (C=O) groups is 3. The van der Waals surface area contributed by atoms with E-state index in [1.165, 1.54) is 6.92 Å². The van der Waals surface area contributed by atoms with Crippen molar-refractivity contribution in [1.82, 2.24) is 10.3 Å². The number of benzene rings is 1. The van der Waals surface area contributed by atoms with E-state index in [4.69, 9.17) is 0 Å². The molecule has 3 amide bonds. The average Bonchev–Trinajstić information content (AvgIpc) is 2.94. The zero-order valence-corrected chi connectivity index (χ0v) is 10.3. The molecular formula is C12H8N4O4. The van der Waals surface area contributed by atoms with E-state index in [1.807, 2.05) is 0 Å². The number of amides is 3. The van der Waals surface area contributed by atoms with Crippen molar-refractivity contribution in [2.24, 2.45) is 0 Å². The van der Waals surface area contributed by atoms with Gasteiger partial charge >= 0.3 is 0 Å². The van der Waals surface area contributed by atoms with Crippen LogP contribution in [0.15, 0.2) is 28.9 Å². The van der Waals surface area contributed by atoms with Gasteiger partial charge in [0.05, 0.1) is 11.1 Å². The first kappa shape index (κ1) is 12.0. The molecule has 100 valence electrons. The fraction of sp³-hybridized carbons (Fsp3) is 0.0833. The fourth-order valence-corrected chi connectivity index (χ4v) is 1.96. The molecule has 0 unspecified atom stereocenters. The molecule has 1 aliphatic rings. The molecule has 0 bridgehead atoms. The molecule has 2 aromatic rings. The van der Waals surface area contributed by atoms with E-state index < -0.39 is 17.7 Å². The lowest BCUT2D eigenvalue weighted by atomic mass is 10.1. The minimum absolute atomic E-state index is 0.0768. The summed E-state index contributed by atoms with van der Waals surface area (Å²) in [6.45, 7) is 1.26. The predicted octanol–water partition coefficient (Wildman–Crippen LogP) is 0.829. The number of aromatic nitrogens is 2. The number of rotatable bonds is 2. The number of fused-ring (bicyclic) bond motifs is 1. The number of nitrogens with zero attached hydrogens (tertiary/aromatic N) is 3. The highest BCUT2D eigenvalue weighted by Gasteiger charge is 2.40. The largest absolute Gasteiger partial charge is 0.305 e. The summed E-state index contributed by atoms with van der Waals surface area (Å²) >= 11 is 0. The molecule has 20 heavy (non-hydrogen) atoms. The summed E-state index contributed by atoms with van der Waals surface area (Å²) in [6.07, 6.45) is 0.